The number of amides is 2. The molecule has 2 aromatic carbocycles. The molecule has 0 bridgehead atoms. The van der Waals surface area contributed by atoms with Gasteiger partial charge in [0.25, 0.3) is 0 Å². The van der Waals surface area contributed by atoms with Crippen LogP contribution >= 0.6 is 23.4 Å². The van der Waals surface area contributed by atoms with Gasteiger partial charge < -0.3 is 10.2 Å². The summed E-state index contributed by atoms with van der Waals surface area (Å²) in [5.74, 6) is 0.900. The van der Waals surface area contributed by atoms with Crippen molar-refractivity contribution in [3.63, 3.8) is 0 Å². The number of thioether (sulfide) groups is 1. The second-order valence-corrected chi connectivity index (χ2v) is 9.23. The van der Waals surface area contributed by atoms with Crippen LogP contribution in [0.1, 0.15) is 50.3 Å². The molecule has 4 nitrogen and oxygen atoms in total. The molecule has 31 heavy (non-hydrogen) atoms. The van der Waals surface area contributed by atoms with Gasteiger partial charge in [0, 0.05) is 23.4 Å². The summed E-state index contributed by atoms with van der Waals surface area (Å²) in [5.41, 5.74) is 3.24. The van der Waals surface area contributed by atoms with Crippen LogP contribution in [0, 0.1) is 6.92 Å². The lowest BCUT2D eigenvalue weighted by atomic mass is 10.1. The maximum Gasteiger partial charge on any atom is 0.243 e. The maximum absolute atomic E-state index is 13.2. The highest BCUT2D eigenvalue weighted by molar-refractivity contribution is 7.99. The van der Waals surface area contributed by atoms with Crippen molar-refractivity contribution in [3.8, 4) is 0 Å². The van der Waals surface area contributed by atoms with Crippen molar-refractivity contribution in [1.82, 2.24) is 10.2 Å². The monoisotopic (exact) mass is 460 g/mol. The van der Waals surface area contributed by atoms with Gasteiger partial charge in [-0.15, -0.1) is 11.8 Å². The number of carbonyl (C=O) groups excluding carboxylic acids is 2. The largest absolute Gasteiger partial charge is 0.352 e. The van der Waals surface area contributed by atoms with Crippen LogP contribution in [0.5, 0.6) is 0 Å². The first-order valence-corrected chi connectivity index (χ1v) is 12.4. The Morgan fingerprint density at radius 3 is 2.35 bits per heavy atom. The van der Waals surface area contributed by atoms with E-state index >= 15 is 0 Å². The maximum atomic E-state index is 13.2. The molecule has 0 aliphatic carbocycles. The summed E-state index contributed by atoms with van der Waals surface area (Å²) in [4.78, 5) is 27.9. The van der Waals surface area contributed by atoms with Gasteiger partial charge in [-0.1, -0.05) is 73.5 Å². The Morgan fingerprint density at radius 2 is 1.74 bits per heavy atom. The molecule has 0 spiro atoms. The number of hydrogen-bond acceptors (Lipinski definition) is 3. The smallest absolute Gasteiger partial charge is 0.243 e. The van der Waals surface area contributed by atoms with Crippen LogP contribution in [-0.2, 0) is 21.9 Å². The third-order valence-electron chi connectivity index (χ3n) is 5.30. The van der Waals surface area contributed by atoms with Crippen molar-refractivity contribution < 1.29 is 9.59 Å². The molecule has 2 unspecified atom stereocenters. The number of rotatable bonds is 11. The van der Waals surface area contributed by atoms with Gasteiger partial charge in [0.2, 0.25) is 11.8 Å². The summed E-state index contributed by atoms with van der Waals surface area (Å²) in [7, 11) is 0. The SMILES string of the molecule is CCC(C)NC(=O)C(CC)N(Cc1ccccc1Cl)C(=O)CSCc1ccc(C)cc1. The predicted octanol–water partition coefficient (Wildman–Crippen LogP) is 5.60. The summed E-state index contributed by atoms with van der Waals surface area (Å²) >= 11 is 7.93. The summed E-state index contributed by atoms with van der Waals surface area (Å²) in [5, 5.41) is 3.63. The Kier molecular flexibility index (Phi) is 10.4. The standard InChI is InChI=1S/C25H33ClN2O2S/c1-5-19(4)27-25(30)23(6-2)28(15-21-9-7-8-10-22(21)26)24(29)17-31-16-20-13-11-18(3)12-14-20/h7-14,19,23H,5-6,15-17H2,1-4H3,(H,27,30). The van der Waals surface area contributed by atoms with Gasteiger partial charge in [-0.2, -0.15) is 0 Å². The number of aryl methyl sites for hydroxylation is 1. The van der Waals surface area contributed by atoms with Crippen molar-refractivity contribution in [1.29, 1.82) is 0 Å². The first-order valence-electron chi connectivity index (χ1n) is 10.8. The third-order valence-corrected chi connectivity index (χ3v) is 6.66. The number of nitrogens with zero attached hydrogens (tertiary/aromatic N) is 1. The lowest BCUT2D eigenvalue weighted by Crippen LogP contribution is -2.51. The van der Waals surface area contributed by atoms with Crippen LogP contribution in [0.15, 0.2) is 48.5 Å². The minimum atomic E-state index is -0.530. The van der Waals surface area contributed by atoms with E-state index in [-0.39, 0.29) is 17.9 Å². The summed E-state index contributed by atoms with van der Waals surface area (Å²) in [6.07, 6.45) is 1.38. The number of hydrogen-bond donors (Lipinski definition) is 1. The van der Waals surface area contributed by atoms with Crippen LogP contribution in [0.4, 0.5) is 0 Å². The molecule has 0 fully saturated rings. The Labute approximate surface area is 195 Å². The van der Waals surface area contributed by atoms with Gasteiger partial charge in [0.15, 0.2) is 0 Å². The second kappa shape index (κ2) is 12.8. The lowest BCUT2D eigenvalue weighted by molar-refractivity contribution is -0.139. The van der Waals surface area contributed by atoms with Crippen LogP contribution in [0.25, 0.3) is 0 Å². The summed E-state index contributed by atoms with van der Waals surface area (Å²) in [6, 6.07) is 15.3. The van der Waals surface area contributed by atoms with Gasteiger partial charge in [-0.05, 0) is 43.9 Å². The Bertz CT molecular complexity index is 857. The minimum absolute atomic E-state index is 0.0526. The fourth-order valence-corrected chi connectivity index (χ4v) is 4.26. The fraction of sp³-hybridized carbons (Fsp3) is 0.440. The molecule has 6 heteroatoms. The first kappa shape index (κ1) is 25.3. The highest BCUT2D eigenvalue weighted by Crippen LogP contribution is 2.21. The average Bonchev–Trinajstić information content (AvgIpc) is 2.76. The number of nitrogens with one attached hydrogen (secondary N) is 1. The molecule has 0 aliphatic rings. The zero-order valence-electron chi connectivity index (χ0n) is 18.9. The molecular weight excluding hydrogens is 428 g/mol. The van der Waals surface area contributed by atoms with E-state index in [9.17, 15) is 9.59 Å². The quantitative estimate of drug-likeness (QED) is 0.474. The van der Waals surface area contributed by atoms with E-state index in [1.54, 1.807) is 16.7 Å². The highest BCUT2D eigenvalue weighted by atomic mass is 35.5. The molecule has 1 N–H and O–H groups in total. The van der Waals surface area contributed by atoms with Crippen molar-refractivity contribution >= 4 is 35.2 Å². The lowest BCUT2D eigenvalue weighted by Gasteiger charge is -2.31. The van der Waals surface area contributed by atoms with Crippen LogP contribution < -0.4 is 5.32 Å². The molecule has 0 aliphatic heterocycles. The molecule has 0 saturated heterocycles. The molecule has 2 atom stereocenters. The van der Waals surface area contributed by atoms with E-state index in [1.807, 2.05) is 45.0 Å². The van der Waals surface area contributed by atoms with Gasteiger partial charge >= 0.3 is 0 Å². The second-order valence-electron chi connectivity index (χ2n) is 7.83. The normalized spacial score (nSPS) is 12.8. The number of benzene rings is 2. The third kappa shape index (κ3) is 7.89. The summed E-state index contributed by atoms with van der Waals surface area (Å²) < 4.78 is 0. The van der Waals surface area contributed by atoms with E-state index in [1.165, 1.54) is 11.1 Å². The van der Waals surface area contributed by atoms with Crippen molar-refractivity contribution in [2.24, 2.45) is 0 Å². The first-order chi connectivity index (χ1) is 14.8. The molecule has 0 saturated carbocycles. The van der Waals surface area contributed by atoms with Crippen LogP contribution in [0.3, 0.4) is 0 Å². The molecule has 2 amide bonds. The Balaban J connectivity index is 2.14. The molecule has 168 valence electrons. The van der Waals surface area contributed by atoms with Crippen LogP contribution in [0.2, 0.25) is 5.02 Å². The van der Waals surface area contributed by atoms with Crippen LogP contribution in [-0.4, -0.2) is 34.6 Å². The van der Waals surface area contributed by atoms with Gasteiger partial charge in [0.1, 0.15) is 6.04 Å². The molecule has 2 rings (SSSR count). The molecule has 0 radical (unpaired) electrons. The Morgan fingerprint density at radius 1 is 1.06 bits per heavy atom. The zero-order valence-corrected chi connectivity index (χ0v) is 20.4. The van der Waals surface area contributed by atoms with E-state index in [0.717, 1.165) is 17.7 Å². The van der Waals surface area contributed by atoms with Crippen molar-refractivity contribution in [2.45, 2.75) is 64.9 Å². The number of halogens is 1. The Hall–Kier alpha value is -1.98. The molecular formula is C25H33ClN2O2S. The predicted molar refractivity (Wildman–Crippen MR) is 131 cm³/mol. The zero-order chi connectivity index (χ0) is 22.8. The molecule has 2 aromatic rings. The van der Waals surface area contributed by atoms with Crippen molar-refractivity contribution in [2.75, 3.05) is 5.75 Å². The van der Waals surface area contributed by atoms with E-state index in [0.29, 0.717) is 23.7 Å². The van der Waals surface area contributed by atoms with Crippen molar-refractivity contribution in [3.05, 3.63) is 70.2 Å². The summed E-state index contributed by atoms with van der Waals surface area (Å²) in [6.45, 7) is 8.31. The fourth-order valence-electron chi connectivity index (χ4n) is 3.19. The van der Waals surface area contributed by atoms with Gasteiger partial charge in [0.05, 0.1) is 5.75 Å². The van der Waals surface area contributed by atoms with E-state index in [4.69, 9.17) is 11.6 Å². The highest BCUT2D eigenvalue weighted by Gasteiger charge is 2.29. The molecule has 0 heterocycles. The van der Waals surface area contributed by atoms with E-state index in [2.05, 4.69) is 36.5 Å². The molecule has 0 aromatic heterocycles. The minimum Gasteiger partial charge on any atom is -0.352 e. The van der Waals surface area contributed by atoms with Gasteiger partial charge in [-0.3, -0.25) is 9.59 Å². The van der Waals surface area contributed by atoms with E-state index < -0.39 is 6.04 Å². The number of carbonyl (C=O) groups is 2. The van der Waals surface area contributed by atoms with Gasteiger partial charge in [-0.25, -0.2) is 0 Å². The topological polar surface area (TPSA) is 49.4 Å². The average molecular weight is 461 g/mol.